The third-order valence-corrected chi connectivity index (χ3v) is 2.84. The Kier molecular flexibility index (Phi) is 5.05. The quantitative estimate of drug-likeness (QED) is 0.806. The van der Waals surface area contributed by atoms with Crippen LogP contribution in [0.3, 0.4) is 0 Å². The average Bonchev–Trinajstić information content (AvgIpc) is 2.26. The molecule has 0 bridgehead atoms. The van der Waals surface area contributed by atoms with Crippen LogP contribution in [0.2, 0.25) is 0 Å². The smallest absolute Gasteiger partial charge is 0.341 e. The molecular weight excluding hydrogens is 278 g/mol. The molecule has 0 aromatic heterocycles. The largest absolute Gasteiger partial charge is 0.401 e. The predicted molar refractivity (Wildman–Crippen MR) is 54.3 cm³/mol. The molecule has 0 radical (unpaired) electrons. The highest BCUT2D eigenvalue weighted by atomic mass is 19.4. The number of halogens is 6. The third kappa shape index (κ3) is 5.66. The van der Waals surface area contributed by atoms with Crippen molar-refractivity contribution in [1.29, 1.82) is 0 Å². The number of hydrogen-bond donors (Lipinski definition) is 1. The maximum absolute atomic E-state index is 12.5. The van der Waals surface area contributed by atoms with Crippen molar-refractivity contribution in [2.45, 2.75) is 25.2 Å². The molecule has 1 N–H and O–H groups in total. The van der Waals surface area contributed by atoms with E-state index in [9.17, 15) is 31.1 Å². The molecule has 1 unspecified atom stereocenters. The lowest BCUT2D eigenvalue weighted by Gasteiger charge is -2.33. The first-order valence-corrected chi connectivity index (χ1v) is 5.71. The summed E-state index contributed by atoms with van der Waals surface area (Å²) in [5, 5.41) is 1.88. The predicted octanol–water partition coefficient (Wildman–Crippen LogP) is 1.94. The number of nitrogens with one attached hydrogen (secondary N) is 1. The van der Waals surface area contributed by atoms with E-state index in [4.69, 9.17) is 0 Å². The normalized spacial score (nSPS) is 21.6. The Balaban J connectivity index is 2.40. The van der Waals surface area contributed by atoms with Crippen molar-refractivity contribution < 1.29 is 31.1 Å². The summed E-state index contributed by atoms with van der Waals surface area (Å²) < 4.78 is 72.9. The Hall–Kier alpha value is -0.990. The van der Waals surface area contributed by atoms with Crippen molar-refractivity contribution >= 4 is 5.91 Å². The lowest BCUT2D eigenvalue weighted by molar-refractivity contribution is -0.187. The van der Waals surface area contributed by atoms with Crippen LogP contribution in [-0.4, -0.2) is 49.3 Å². The lowest BCUT2D eigenvalue weighted by atomic mass is 9.97. The van der Waals surface area contributed by atoms with Gasteiger partial charge in [0.15, 0.2) is 0 Å². The van der Waals surface area contributed by atoms with Crippen LogP contribution in [0.5, 0.6) is 0 Å². The minimum atomic E-state index is -4.45. The van der Waals surface area contributed by atoms with E-state index in [1.807, 2.05) is 5.32 Å². The number of rotatable bonds is 3. The van der Waals surface area contributed by atoms with Crippen LogP contribution in [-0.2, 0) is 4.79 Å². The molecule has 1 heterocycles. The SMILES string of the molecule is O=C(CNCC(F)(F)F)N1CCCC(C(F)(F)F)C1. The number of nitrogens with zero attached hydrogens (tertiary/aromatic N) is 1. The Bertz CT molecular complexity index is 314. The fourth-order valence-corrected chi connectivity index (χ4v) is 1.89. The summed E-state index contributed by atoms with van der Waals surface area (Å²) in [5.41, 5.74) is 0. The van der Waals surface area contributed by atoms with Gasteiger partial charge in [0.1, 0.15) is 0 Å². The fourth-order valence-electron chi connectivity index (χ4n) is 1.89. The van der Waals surface area contributed by atoms with Gasteiger partial charge in [-0.2, -0.15) is 26.3 Å². The van der Waals surface area contributed by atoms with E-state index in [2.05, 4.69) is 0 Å². The number of hydrogen-bond acceptors (Lipinski definition) is 2. The Morgan fingerprint density at radius 3 is 2.37 bits per heavy atom. The van der Waals surface area contributed by atoms with Crippen molar-refractivity contribution in [3.63, 3.8) is 0 Å². The first kappa shape index (κ1) is 16.1. The molecule has 3 nitrogen and oxygen atoms in total. The standard InChI is InChI=1S/C10H14F6N2O/c11-9(12,13)6-17-4-8(19)18-3-1-2-7(5-18)10(14,15)16/h7,17H,1-6H2. The summed E-state index contributed by atoms with van der Waals surface area (Å²) in [6, 6.07) is 0. The molecule has 1 aliphatic heterocycles. The van der Waals surface area contributed by atoms with Crippen molar-refractivity contribution in [3.8, 4) is 0 Å². The molecule has 0 aromatic rings. The van der Waals surface area contributed by atoms with Gasteiger partial charge >= 0.3 is 12.4 Å². The van der Waals surface area contributed by atoms with Gasteiger partial charge in [0.05, 0.1) is 19.0 Å². The van der Waals surface area contributed by atoms with Crippen molar-refractivity contribution in [1.82, 2.24) is 10.2 Å². The van der Waals surface area contributed by atoms with E-state index < -0.39 is 43.8 Å². The van der Waals surface area contributed by atoms with E-state index in [-0.39, 0.29) is 19.4 Å². The van der Waals surface area contributed by atoms with Gasteiger partial charge in [0.25, 0.3) is 0 Å². The average molecular weight is 292 g/mol. The fraction of sp³-hybridized carbons (Fsp3) is 0.900. The maximum Gasteiger partial charge on any atom is 0.401 e. The van der Waals surface area contributed by atoms with Crippen molar-refractivity contribution in [2.75, 3.05) is 26.2 Å². The summed E-state index contributed by atoms with van der Waals surface area (Å²) in [7, 11) is 0. The molecule has 1 rings (SSSR count). The molecule has 1 amide bonds. The second-order valence-electron chi connectivity index (χ2n) is 4.44. The van der Waals surface area contributed by atoms with Gasteiger partial charge in [0, 0.05) is 13.1 Å². The number of amides is 1. The number of likely N-dealkylation sites (tertiary alicyclic amines) is 1. The van der Waals surface area contributed by atoms with Crippen LogP contribution in [0, 0.1) is 5.92 Å². The van der Waals surface area contributed by atoms with Gasteiger partial charge in [-0.15, -0.1) is 0 Å². The zero-order valence-corrected chi connectivity index (χ0v) is 9.94. The molecule has 9 heteroatoms. The lowest BCUT2D eigenvalue weighted by Crippen LogP contribution is -2.48. The molecule has 0 saturated carbocycles. The van der Waals surface area contributed by atoms with E-state index in [1.54, 1.807) is 0 Å². The molecule has 1 atom stereocenters. The number of piperidine rings is 1. The zero-order valence-electron chi connectivity index (χ0n) is 9.94. The van der Waals surface area contributed by atoms with Crippen LogP contribution >= 0.6 is 0 Å². The van der Waals surface area contributed by atoms with Gasteiger partial charge in [-0.25, -0.2) is 0 Å². The number of carbonyl (C=O) groups is 1. The van der Waals surface area contributed by atoms with Crippen molar-refractivity contribution in [3.05, 3.63) is 0 Å². The zero-order chi connectivity index (χ0) is 14.7. The molecular formula is C10H14F6N2O. The molecule has 0 aromatic carbocycles. The van der Waals surface area contributed by atoms with E-state index in [1.165, 1.54) is 0 Å². The molecule has 1 fully saturated rings. The second-order valence-corrected chi connectivity index (χ2v) is 4.44. The molecule has 0 spiro atoms. The minimum absolute atomic E-state index is 0.0523. The molecule has 0 aliphatic carbocycles. The van der Waals surface area contributed by atoms with Gasteiger partial charge in [-0.05, 0) is 12.8 Å². The minimum Gasteiger partial charge on any atom is -0.341 e. The van der Waals surface area contributed by atoms with E-state index >= 15 is 0 Å². The Labute approximate surface area is 105 Å². The molecule has 19 heavy (non-hydrogen) atoms. The topological polar surface area (TPSA) is 32.3 Å². The highest BCUT2D eigenvalue weighted by molar-refractivity contribution is 5.78. The maximum atomic E-state index is 12.5. The first-order valence-electron chi connectivity index (χ1n) is 5.71. The Morgan fingerprint density at radius 2 is 1.84 bits per heavy atom. The second kappa shape index (κ2) is 5.98. The highest BCUT2D eigenvalue weighted by Gasteiger charge is 2.42. The van der Waals surface area contributed by atoms with Crippen LogP contribution in [0.15, 0.2) is 0 Å². The Morgan fingerprint density at radius 1 is 1.21 bits per heavy atom. The summed E-state index contributed by atoms with van der Waals surface area (Å²) in [6.07, 6.45) is -8.67. The molecule has 112 valence electrons. The third-order valence-electron chi connectivity index (χ3n) is 2.84. The van der Waals surface area contributed by atoms with Crippen LogP contribution in [0.1, 0.15) is 12.8 Å². The van der Waals surface area contributed by atoms with E-state index in [0.717, 1.165) is 4.90 Å². The molecule has 1 saturated heterocycles. The van der Waals surface area contributed by atoms with Crippen LogP contribution in [0.25, 0.3) is 0 Å². The summed E-state index contributed by atoms with van der Waals surface area (Å²) in [5.74, 6) is -2.33. The van der Waals surface area contributed by atoms with Crippen molar-refractivity contribution in [2.24, 2.45) is 5.92 Å². The van der Waals surface area contributed by atoms with Gasteiger partial charge < -0.3 is 10.2 Å². The number of alkyl halides is 6. The summed E-state index contributed by atoms with van der Waals surface area (Å²) in [4.78, 5) is 12.4. The monoisotopic (exact) mass is 292 g/mol. The number of carbonyl (C=O) groups excluding carboxylic acids is 1. The van der Waals surface area contributed by atoms with Gasteiger partial charge in [-0.1, -0.05) is 0 Å². The van der Waals surface area contributed by atoms with E-state index in [0.29, 0.717) is 0 Å². The van der Waals surface area contributed by atoms with Crippen LogP contribution < -0.4 is 5.32 Å². The first-order chi connectivity index (χ1) is 8.59. The highest BCUT2D eigenvalue weighted by Crippen LogP contribution is 2.33. The summed E-state index contributed by atoms with van der Waals surface area (Å²) in [6.45, 7) is -2.27. The van der Waals surface area contributed by atoms with Gasteiger partial charge in [0.2, 0.25) is 5.91 Å². The summed E-state index contributed by atoms with van der Waals surface area (Å²) >= 11 is 0. The molecule has 1 aliphatic rings. The van der Waals surface area contributed by atoms with Gasteiger partial charge in [-0.3, -0.25) is 4.79 Å². The van der Waals surface area contributed by atoms with Crippen LogP contribution in [0.4, 0.5) is 26.3 Å².